The lowest BCUT2D eigenvalue weighted by atomic mass is 9.93. The van der Waals surface area contributed by atoms with E-state index in [0.29, 0.717) is 12.3 Å². The molecule has 0 saturated heterocycles. The number of carbonyl (C=O) groups is 1. The van der Waals surface area contributed by atoms with Crippen LogP contribution in [0.25, 0.3) is 0 Å². The van der Waals surface area contributed by atoms with Gasteiger partial charge in [0.2, 0.25) is 5.91 Å². The first-order valence-corrected chi connectivity index (χ1v) is 9.13. The second-order valence-corrected chi connectivity index (χ2v) is 7.21. The van der Waals surface area contributed by atoms with Gasteiger partial charge < -0.3 is 5.32 Å². The van der Waals surface area contributed by atoms with Crippen molar-refractivity contribution >= 4 is 28.6 Å². The third-order valence-electron chi connectivity index (χ3n) is 3.69. The number of carbonyl (C=O) groups excluding carboxylic acids is 1. The van der Waals surface area contributed by atoms with Crippen LogP contribution in [0, 0.1) is 12.8 Å². The summed E-state index contributed by atoms with van der Waals surface area (Å²) in [6.45, 7) is 6.33. The molecule has 0 aliphatic rings. The van der Waals surface area contributed by atoms with Crippen LogP contribution in [0.2, 0.25) is 0 Å². The summed E-state index contributed by atoms with van der Waals surface area (Å²) in [5, 5.41) is 8.26. The molecule has 1 amide bonds. The highest BCUT2D eigenvalue weighted by atomic mass is 32.1. The van der Waals surface area contributed by atoms with E-state index < -0.39 is 0 Å². The van der Waals surface area contributed by atoms with E-state index >= 15 is 0 Å². The molecule has 2 rings (SSSR count). The number of nitrogens with zero attached hydrogens (tertiary/aromatic N) is 1. The first-order chi connectivity index (χ1) is 10.1. The summed E-state index contributed by atoms with van der Waals surface area (Å²) >= 11 is 3.30. The van der Waals surface area contributed by atoms with Gasteiger partial charge in [-0.05, 0) is 24.3 Å². The molecule has 0 aliphatic carbocycles. The Morgan fingerprint density at radius 1 is 1.33 bits per heavy atom. The summed E-state index contributed by atoms with van der Waals surface area (Å²) in [7, 11) is 0. The first kappa shape index (κ1) is 16.2. The molecule has 1 N–H and O–H groups in total. The van der Waals surface area contributed by atoms with Gasteiger partial charge in [0.25, 0.3) is 0 Å². The highest BCUT2D eigenvalue weighted by Gasteiger charge is 2.23. The average molecular weight is 322 g/mol. The van der Waals surface area contributed by atoms with Crippen LogP contribution in [0.1, 0.15) is 48.3 Å². The molecule has 114 valence electrons. The van der Waals surface area contributed by atoms with Crippen LogP contribution in [0.4, 0.5) is 0 Å². The van der Waals surface area contributed by atoms with Crippen molar-refractivity contribution in [3.63, 3.8) is 0 Å². The zero-order valence-corrected chi connectivity index (χ0v) is 14.4. The van der Waals surface area contributed by atoms with Gasteiger partial charge in [0.1, 0.15) is 0 Å². The third-order valence-corrected chi connectivity index (χ3v) is 5.47. The molecule has 1 atom stereocenters. The van der Waals surface area contributed by atoms with Gasteiger partial charge in [0.15, 0.2) is 0 Å². The lowest BCUT2D eigenvalue weighted by Crippen LogP contribution is -2.33. The molecule has 1 unspecified atom stereocenters. The SMILES string of the molecule is CCC(CC)C(NC(=O)Cc1csc(C)n1)c1cccs1. The molecule has 0 fully saturated rings. The number of amides is 1. The minimum Gasteiger partial charge on any atom is -0.348 e. The summed E-state index contributed by atoms with van der Waals surface area (Å²) in [4.78, 5) is 17.9. The summed E-state index contributed by atoms with van der Waals surface area (Å²) in [6, 6.07) is 4.28. The van der Waals surface area contributed by atoms with Crippen molar-refractivity contribution in [2.75, 3.05) is 0 Å². The van der Waals surface area contributed by atoms with E-state index in [1.165, 1.54) is 4.88 Å². The Morgan fingerprint density at radius 3 is 2.62 bits per heavy atom. The largest absolute Gasteiger partial charge is 0.348 e. The summed E-state index contributed by atoms with van der Waals surface area (Å²) < 4.78 is 0. The number of hydrogen-bond donors (Lipinski definition) is 1. The summed E-state index contributed by atoms with van der Waals surface area (Å²) in [6.07, 6.45) is 2.50. The van der Waals surface area contributed by atoms with Crippen LogP contribution in [0.15, 0.2) is 22.9 Å². The minimum absolute atomic E-state index is 0.0607. The molecular weight excluding hydrogens is 300 g/mol. The van der Waals surface area contributed by atoms with Crippen LogP contribution < -0.4 is 5.32 Å². The van der Waals surface area contributed by atoms with Crippen molar-refractivity contribution in [2.45, 2.75) is 46.1 Å². The zero-order valence-electron chi connectivity index (χ0n) is 12.8. The van der Waals surface area contributed by atoms with E-state index in [0.717, 1.165) is 23.5 Å². The van der Waals surface area contributed by atoms with Crippen molar-refractivity contribution in [3.05, 3.63) is 38.5 Å². The molecule has 0 aromatic carbocycles. The molecule has 0 aliphatic heterocycles. The van der Waals surface area contributed by atoms with Crippen molar-refractivity contribution in [1.29, 1.82) is 0 Å². The Kier molecular flexibility index (Phi) is 5.94. The van der Waals surface area contributed by atoms with Crippen LogP contribution in [-0.4, -0.2) is 10.9 Å². The predicted molar refractivity (Wildman–Crippen MR) is 89.8 cm³/mol. The molecule has 0 radical (unpaired) electrons. The maximum Gasteiger partial charge on any atom is 0.226 e. The Hall–Kier alpha value is -1.20. The number of aromatic nitrogens is 1. The van der Waals surface area contributed by atoms with Gasteiger partial charge in [-0.15, -0.1) is 22.7 Å². The Bertz CT molecular complexity index is 559. The van der Waals surface area contributed by atoms with Crippen LogP contribution in [-0.2, 0) is 11.2 Å². The standard InChI is InChI=1S/C16H22N2OS2/c1-4-12(5-2)16(14-7-6-8-20-14)18-15(19)9-13-10-21-11(3)17-13/h6-8,10,12,16H,4-5,9H2,1-3H3,(H,18,19). The van der Waals surface area contributed by atoms with Crippen LogP contribution in [0.5, 0.6) is 0 Å². The van der Waals surface area contributed by atoms with Gasteiger partial charge in [-0.25, -0.2) is 4.98 Å². The smallest absolute Gasteiger partial charge is 0.226 e. The van der Waals surface area contributed by atoms with Crippen molar-refractivity contribution in [1.82, 2.24) is 10.3 Å². The molecule has 0 saturated carbocycles. The second kappa shape index (κ2) is 7.71. The van der Waals surface area contributed by atoms with E-state index in [-0.39, 0.29) is 11.9 Å². The number of thiophene rings is 1. The van der Waals surface area contributed by atoms with E-state index in [1.807, 2.05) is 18.4 Å². The van der Waals surface area contributed by atoms with E-state index in [1.54, 1.807) is 22.7 Å². The quantitative estimate of drug-likeness (QED) is 0.823. The Balaban J connectivity index is 2.06. The molecule has 2 heterocycles. The fourth-order valence-electron chi connectivity index (χ4n) is 2.53. The van der Waals surface area contributed by atoms with Crippen molar-refractivity contribution in [2.24, 2.45) is 5.92 Å². The highest BCUT2D eigenvalue weighted by molar-refractivity contribution is 7.10. The van der Waals surface area contributed by atoms with Gasteiger partial charge in [-0.3, -0.25) is 4.79 Å². The monoisotopic (exact) mass is 322 g/mol. The van der Waals surface area contributed by atoms with Gasteiger partial charge in [-0.2, -0.15) is 0 Å². The van der Waals surface area contributed by atoms with E-state index in [4.69, 9.17) is 0 Å². The summed E-state index contributed by atoms with van der Waals surface area (Å²) in [5.74, 6) is 0.537. The highest BCUT2D eigenvalue weighted by Crippen LogP contribution is 2.30. The second-order valence-electron chi connectivity index (χ2n) is 5.17. The maximum atomic E-state index is 12.3. The van der Waals surface area contributed by atoms with Crippen molar-refractivity contribution < 1.29 is 4.79 Å². The number of rotatable bonds is 7. The zero-order chi connectivity index (χ0) is 15.2. The minimum atomic E-state index is 0.0607. The maximum absolute atomic E-state index is 12.3. The fraction of sp³-hybridized carbons (Fsp3) is 0.500. The van der Waals surface area contributed by atoms with Crippen LogP contribution >= 0.6 is 22.7 Å². The molecule has 3 nitrogen and oxygen atoms in total. The average Bonchev–Trinajstić information content (AvgIpc) is 3.10. The molecule has 2 aromatic rings. The Morgan fingerprint density at radius 2 is 2.10 bits per heavy atom. The van der Waals surface area contributed by atoms with Gasteiger partial charge in [0.05, 0.1) is 23.2 Å². The topological polar surface area (TPSA) is 42.0 Å². The van der Waals surface area contributed by atoms with Gasteiger partial charge in [0, 0.05) is 10.3 Å². The lowest BCUT2D eigenvalue weighted by molar-refractivity contribution is -0.121. The van der Waals surface area contributed by atoms with E-state index in [2.05, 4.69) is 35.6 Å². The lowest BCUT2D eigenvalue weighted by Gasteiger charge is -2.25. The van der Waals surface area contributed by atoms with Crippen molar-refractivity contribution in [3.8, 4) is 0 Å². The third kappa shape index (κ3) is 4.38. The fourth-order valence-corrected chi connectivity index (χ4v) is 4.01. The molecule has 0 spiro atoms. The molecule has 5 heteroatoms. The molecule has 21 heavy (non-hydrogen) atoms. The summed E-state index contributed by atoms with van der Waals surface area (Å²) in [5.41, 5.74) is 0.865. The Labute approximate surface area is 134 Å². The van der Waals surface area contributed by atoms with Gasteiger partial charge in [-0.1, -0.05) is 32.8 Å². The van der Waals surface area contributed by atoms with Gasteiger partial charge >= 0.3 is 0 Å². The normalized spacial score (nSPS) is 12.6. The number of thiazole rings is 1. The number of aryl methyl sites for hydroxylation is 1. The predicted octanol–water partition coefficient (Wildman–Crippen LogP) is 4.35. The first-order valence-electron chi connectivity index (χ1n) is 7.37. The van der Waals surface area contributed by atoms with Crippen LogP contribution in [0.3, 0.4) is 0 Å². The number of nitrogens with one attached hydrogen (secondary N) is 1. The number of hydrogen-bond acceptors (Lipinski definition) is 4. The molecule has 0 bridgehead atoms. The molecular formula is C16H22N2OS2. The van der Waals surface area contributed by atoms with E-state index in [9.17, 15) is 4.79 Å². The molecule has 2 aromatic heterocycles.